The number of anilines is 1. The summed E-state index contributed by atoms with van der Waals surface area (Å²) in [6.45, 7) is 2.69. The molecule has 0 aliphatic carbocycles. The van der Waals surface area contributed by atoms with Crippen LogP contribution in [0.4, 0.5) is 10.3 Å². The molecule has 4 aromatic rings. The fraction of sp³-hybridized carbons (Fsp3) is 0.217. The first-order valence-electron chi connectivity index (χ1n) is 10.5. The predicted octanol–water partition coefficient (Wildman–Crippen LogP) is 3.12. The van der Waals surface area contributed by atoms with E-state index in [1.807, 2.05) is 31.2 Å². The highest BCUT2D eigenvalue weighted by atomic mass is 32.2. The number of benzene rings is 2. The Morgan fingerprint density at radius 2 is 1.86 bits per heavy atom. The first-order valence-corrected chi connectivity index (χ1v) is 13.0. The van der Waals surface area contributed by atoms with Gasteiger partial charge in [-0.2, -0.15) is 8.42 Å². The third kappa shape index (κ3) is 4.93. The number of fused-ring (bicyclic) bond motifs is 2. The molecule has 12 heteroatoms. The summed E-state index contributed by atoms with van der Waals surface area (Å²) < 4.78 is 63.1. The predicted molar refractivity (Wildman–Crippen MR) is 128 cm³/mol. The largest absolute Gasteiger partial charge is 0.493 e. The number of aryl methyl sites for hydroxylation is 1. The van der Waals surface area contributed by atoms with E-state index in [-0.39, 0.29) is 17.4 Å². The van der Waals surface area contributed by atoms with Crippen molar-refractivity contribution >= 4 is 32.9 Å². The number of hydrogen-bond donors (Lipinski definition) is 1. The highest BCUT2D eigenvalue weighted by Gasteiger charge is 2.23. The summed E-state index contributed by atoms with van der Waals surface area (Å²) >= 11 is -0.750. The molecule has 0 saturated carbocycles. The van der Waals surface area contributed by atoms with Gasteiger partial charge in [0.25, 0.3) is 0 Å². The van der Waals surface area contributed by atoms with E-state index in [4.69, 9.17) is 13.2 Å². The maximum atomic E-state index is 14.5. The molecule has 1 aliphatic rings. The Labute approximate surface area is 204 Å². The van der Waals surface area contributed by atoms with Crippen molar-refractivity contribution in [2.75, 3.05) is 18.2 Å². The molecular weight excluding hydrogens is 495 g/mol. The average molecular weight is 517 g/mol. The van der Waals surface area contributed by atoms with Gasteiger partial charge in [0.15, 0.2) is 14.9 Å². The number of sulfone groups is 1. The van der Waals surface area contributed by atoms with Crippen LogP contribution in [0, 0.1) is 12.7 Å². The summed E-state index contributed by atoms with van der Waals surface area (Å²) in [7, 11) is -3.59. The van der Waals surface area contributed by atoms with E-state index in [9.17, 15) is 12.8 Å². The molecule has 35 heavy (non-hydrogen) atoms. The van der Waals surface area contributed by atoms with E-state index in [1.165, 1.54) is 12.4 Å². The van der Waals surface area contributed by atoms with Gasteiger partial charge in [-0.3, -0.25) is 4.40 Å². The van der Waals surface area contributed by atoms with Crippen LogP contribution in [0.15, 0.2) is 53.9 Å². The van der Waals surface area contributed by atoms with E-state index in [2.05, 4.69) is 15.3 Å². The number of imidazole rings is 1. The van der Waals surface area contributed by atoms with Gasteiger partial charge >= 0.3 is 11.6 Å². The Hall–Kier alpha value is -3.64. The summed E-state index contributed by atoms with van der Waals surface area (Å²) in [5.74, 6) is 0.740. The molecule has 182 valence electrons. The van der Waals surface area contributed by atoms with Gasteiger partial charge < -0.3 is 10.1 Å². The first kappa shape index (κ1) is 24.5. The fourth-order valence-corrected chi connectivity index (χ4v) is 4.81. The first-order chi connectivity index (χ1) is 16.7. The molecule has 0 atom stereocenters. The lowest BCUT2D eigenvalue weighted by Gasteiger charge is -2.14. The highest BCUT2D eigenvalue weighted by molar-refractivity contribution is 7.90. The van der Waals surface area contributed by atoms with Crippen molar-refractivity contribution in [2.24, 2.45) is 0 Å². The normalized spacial score (nSPS) is 12.4. The third-order valence-electron chi connectivity index (χ3n) is 5.61. The Balaban J connectivity index is 0.000000917. The number of nitrogens with one attached hydrogen (secondary N) is 1. The topological polar surface area (TPSA) is 120 Å². The van der Waals surface area contributed by atoms with Crippen molar-refractivity contribution in [3.63, 3.8) is 0 Å². The lowest BCUT2D eigenvalue weighted by atomic mass is 10.0. The molecule has 0 spiro atoms. The van der Waals surface area contributed by atoms with Crippen LogP contribution < -0.4 is 10.1 Å². The van der Waals surface area contributed by atoms with Gasteiger partial charge in [0.05, 0.1) is 12.1 Å². The summed E-state index contributed by atoms with van der Waals surface area (Å²) in [5, 5.41) is 3.12. The molecule has 2 aromatic heterocycles. The van der Waals surface area contributed by atoms with Crippen molar-refractivity contribution in [1.29, 1.82) is 0 Å². The minimum Gasteiger partial charge on any atom is -0.493 e. The second kappa shape index (κ2) is 9.92. The van der Waals surface area contributed by atoms with Gasteiger partial charge in [-0.15, -0.1) is 0 Å². The number of halogens is 1. The quantitative estimate of drug-likeness (QED) is 0.430. The van der Waals surface area contributed by atoms with Crippen molar-refractivity contribution in [1.82, 2.24) is 14.4 Å². The standard InChI is InChI=1S/C23H21FN4O3S.O2S/c1-14-3-5-15(6-4-14)17-11-25-23(28-13-27-22(21(17)28)32(2,29)30)26-12-18-16-9-10-31-20(16)8-7-19(18)24;1-3-2/h3-8,11,13H,9-10,12H2,1-2H3,(H,25,26);. The molecule has 0 unspecified atom stereocenters. The van der Waals surface area contributed by atoms with E-state index < -0.39 is 21.4 Å². The zero-order valence-corrected chi connectivity index (χ0v) is 20.5. The van der Waals surface area contributed by atoms with Crippen molar-refractivity contribution in [3.8, 4) is 16.9 Å². The summed E-state index contributed by atoms with van der Waals surface area (Å²) in [4.78, 5) is 8.66. The van der Waals surface area contributed by atoms with Gasteiger partial charge in [0, 0.05) is 42.1 Å². The van der Waals surface area contributed by atoms with Crippen LogP contribution >= 0.6 is 0 Å². The lowest BCUT2D eigenvalue weighted by Crippen LogP contribution is -2.10. The van der Waals surface area contributed by atoms with E-state index in [0.717, 1.165) is 22.9 Å². The van der Waals surface area contributed by atoms with Crippen molar-refractivity contribution in [3.05, 3.63) is 71.4 Å². The summed E-state index contributed by atoms with van der Waals surface area (Å²) in [5.41, 5.74) is 4.35. The molecular formula is C23H21FN4O5S2. The molecule has 3 heterocycles. The van der Waals surface area contributed by atoms with E-state index >= 15 is 0 Å². The lowest BCUT2D eigenvalue weighted by molar-refractivity contribution is 0.356. The monoisotopic (exact) mass is 516 g/mol. The molecule has 9 nitrogen and oxygen atoms in total. The van der Waals surface area contributed by atoms with Gasteiger partial charge in [-0.1, -0.05) is 29.8 Å². The molecule has 5 rings (SSSR count). The number of aromatic nitrogens is 3. The van der Waals surface area contributed by atoms with Gasteiger partial charge in [-0.25, -0.2) is 22.8 Å². The van der Waals surface area contributed by atoms with E-state index in [1.54, 1.807) is 16.7 Å². The maximum Gasteiger partial charge on any atom is 0.335 e. The molecule has 0 saturated heterocycles. The number of rotatable bonds is 5. The van der Waals surface area contributed by atoms with Gasteiger partial charge in [0.2, 0.25) is 5.95 Å². The Bertz CT molecular complexity index is 1550. The van der Waals surface area contributed by atoms with Crippen molar-refractivity contribution < 1.29 is 26.0 Å². The molecule has 0 bridgehead atoms. The average Bonchev–Trinajstić information content (AvgIpc) is 3.47. The zero-order chi connectivity index (χ0) is 25.2. The van der Waals surface area contributed by atoms with Crippen LogP contribution in [0.3, 0.4) is 0 Å². The van der Waals surface area contributed by atoms with E-state index in [0.29, 0.717) is 41.4 Å². The number of ether oxygens (including phenoxy) is 1. The molecule has 1 N–H and O–H groups in total. The minimum absolute atomic E-state index is 0.0290. The van der Waals surface area contributed by atoms with Crippen LogP contribution in [0.25, 0.3) is 16.6 Å². The fourth-order valence-electron chi connectivity index (χ4n) is 4.01. The molecule has 0 amide bonds. The second-order valence-electron chi connectivity index (χ2n) is 7.92. The Morgan fingerprint density at radius 1 is 1.14 bits per heavy atom. The van der Waals surface area contributed by atoms with Gasteiger partial charge in [0.1, 0.15) is 17.9 Å². The minimum atomic E-state index is -3.59. The van der Waals surface area contributed by atoms with Crippen LogP contribution in [0.5, 0.6) is 5.75 Å². The molecule has 0 radical (unpaired) electrons. The smallest absolute Gasteiger partial charge is 0.335 e. The van der Waals surface area contributed by atoms with Gasteiger partial charge in [-0.05, 0) is 24.6 Å². The maximum absolute atomic E-state index is 14.5. The molecule has 0 fully saturated rings. The highest BCUT2D eigenvalue weighted by Crippen LogP contribution is 2.32. The zero-order valence-electron chi connectivity index (χ0n) is 18.8. The SMILES string of the molecule is Cc1ccc(-c2cnc(NCc3c(F)ccc4c3CCO4)n3cnc(S(C)(=O)=O)c23)cc1.O=S=O. The second-order valence-corrected chi connectivity index (χ2v) is 9.99. The van der Waals surface area contributed by atoms with Crippen LogP contribution in [-0.4, -0.2) is 44.1 Å². The molecule has 1 aliphatic heterocycles. The molecule has 2 aromatic carbocycles. The van der Waals surface area contributed by atoms with Crippen LogP contribution in [0.2, 0.25) is 0 Å². The van der Waals surface area contributed by atoms with Crippen LogP contribution in [0.1, 0.15) is 16.7 Å². The summed E-state index contributed by atoms with van der Waals surface area (Å²) in [6, 6.07) is 10.8. The van der Waals surface area contributed by atoms with Crippen LogP contribution in [-0.2, 0) is 34.4 Å². The Kier molecular flexibility index (Phi) is 6.94. The number of hydrogen-bond acceptors (Lipinski definition) is 8. The number of nitrogens with zero attached hydrogens (tertiary/aromatic N) is 3. The third-order valence-corrected chi connectivity index (χ3v) is 6.61. The van der Waals surface area contributed by atoms with Crippen molar-refractivity contribution in [2.45, 2.75) is 24.9 Å². The Morgan fingerprint density at radius 3 is 2.54 bits per heavy atom. The summed E-state index contributed by atoms with van der Waals surface area (Å²) in [6.07, 6.45) is 4.81.